The van der Waals surface area contributed by atoms with Crippen LogP contribution in [0.5, 0.6) is 5.75 Å². The van der Waals surface area contributed by atoms with E-state index in [9.17, 15) is 0 Å². The van der Waals surface area contributed by atoms with Gasteiger partial charge in [-0.3, -0.25) is 0 Å². The molecule has 1 rings (SSSR count). The van der Waals surface area contributed by atoms with Crippen LogP contribution >= 0.6 is 43.5 Å². The van der Waals surface area contributed by atoms with Gasteiger partial charge in [-0.25, -0.2) is 0 Å². The number of rotatable bonds is 8. The van der Waals surface area contributed by atoms with Gasteiger partial charge in [-0.1, -0.05) is 66.6 Å². The molecule has 0 fully saturated rings. The number of alkyl halides is 1. The van der Waals surface area contributed by atoms with E-state index in [0.29, 0.717) is 4.83 Å². The van der Waals surface area contributed by atoms with Crippen molar-refractivity contribution in [3.8, 4) is 5.75 Å². The number of unbranched alkanes of at least 4 members (excludes halogenated alkanes) is 4. The predicted molar refractivity (Wildman–Crippen MR) is 90.7 cm³/mol. The van der Waals surface area contributed by atoms with Gasteiger partial charge in [0.1, 0.15) is 5.75 Å². The van der Waals surface area contributed by atoms with E-state index in [2.05, 4.69) is 38.8 Å². The Morgan fingerprint density at radius 3 is 2.53 bits per heavy atom. The molecule has 0 aliphatic rings. The molecule has 0 aliphatic heterocycles. The zero-order valence-corrected chi connectivity index (χ0v) is 15.4. The summed E-state index contributed by atoms with van der Waals surface area (Å²) in [6, 6.07) is 3.85. The maximum atomic E-state index is 6.12. The Morgan fingerprint density at radius 1 is 1.21 bits per heavy atom. The van der Waals surface area contributed by atoms with Crippen LogP contribution in [-0.2, 0) is 0 Å². The van der Waals surface area contributed by atoms with Gasteiger partial charge in [0.15, 0.2) is 0 Å². The highest BCUT2D eigenvalue weighted by atomic mass is 79.9. The van der Waals surface area contributed by atoms with Gasteiger partial charge in [0.25, 0.3) is 0 Å². The van der Waals surface area contributed by atoms with Gasteiger partial charge in [0.05, 0.1) is 11.6 Å². The summed E-state index contributed by atoms with van der Waals surface area (Å²) >= 11 is 13.4. The van der Waals surface area contributed by atoms with E-state index in [4.69, 9.17) is 16.3 Å². The molecule has 108 valence electrons. The average molecular weight is 413 g/mol. The fraction of sp³-hybridized carbons (Fsp3) is 0.600. The van der Waals surface area contributed by atoms with Crippen molar-refractivity contribution >= 4 is 43.5 Å². The van der Waals surface area contributed by atoms with E-state index in [1.165, 1.54) is 32.1 Å². The molecule has 19 heavy (non-hydrogen) atoms. The number of ether oxygens (including phenoxy) is 1. The molecule has 1 atom stereocenters. The molecule has 0 amide bonds. The highest BCUT2D eigenvalue weighted by Crippen LogP contribution is 2.41. The molecule has 1 aromatic rings. The lowest BCUT2D eigenvalue weighted by Crippen LogP contribution is -1.97. The second-order valence-electron chi connectivity index (χ2n) is 4.68. The average Bonchev–Trinajstić information content (AvgIpc) is 2.37. The van der Waals surface area contributed by atoms with Gasteiger partial charge in [0, 0.05) is 15.4 Å². The molecule has 0 spiro atoms. The molecule has 1 aromatic carbocycles. The molecule has 1 nitrogen and oxygen atoms in total. The predicted octanol–water partition coefficient (Wildman–Crippen LogP) is 6.91. The van der Waals surface area contributed by atoms with Crippen LogP contribution in [0.15, 0.2) is 16.6 Å². The summed E-state index contributed by atoms with van der Waals surface area (Å²) in [6.07, 6.45) is 7.56. The summed E-state index contributed by atoms with van der Waals surface area (Å²) in [5, 5.41) is 0.734. The Hall–Kier alpha value is 0.270. The summed E-state index contributed by atoms with van der Waals surface area (Å²) in [5.41, 5.74) is 1.12. The van der Waals surface area contributed by atoms with Crippen LogP contribution in [0.3, 0.4) is 0 Å². The zero-order chi connectivity index (χ0) is 14.3. The van der Waals surface area contributed by atoms with Crippen molar-refractivity contribution in [3.05, 3.63) is 27.2 Å². The summed E-state index contributed by atoms with van der Waals surface area (Å²) < 4.78 is 6.37. The fourth-order valence-electron chi connectivity index (χ4n) is 2.11. The van der Waals surface area contributed by atoms with Crippen LogP contribution in [0.2, 0.25) is 5.02 Å². The molecular formula is C15H21Br2ClO. The van der Waals surface area contributed by atoms with Gasteiger partial charge in [0.2, 0.25) is 0 Å². The minimum atomic E-state index is 0.291. The summed E-state index contributed by atoms with van der Waals surface area (Å²) in [7, 11) is 1.69. The molecule has 0 saturated heterocycles. The fourth-order valence-corrected chi connectivity index (χ4v) is 3.77. The van der Waals surface area contributed by atoms with Crippen LogP contribution in [0.1, 0.15) is 55.8 Å². The van der Waals surface area contributed by atoms with Gasteiger partial charge in [-0.15, -0.1) is 0 Å². The van der Waals surface area contributed by atoms with Gasteiger partial charge >= 0.3 is 0 Å². The highest BCUT2D eigenvalue weighted by Gasteiger charge is 2.16. The van der Waals surface area contributed by atoms with Crippen LogP contribution in [0.25, 0.3) is 0 Å². The Kier molecular flexibility index (Phi) is 8.43. The second-order valence-corrected chi connectivity index (χ2v) is 7.08. The number of hydrogen-bond donors (Lipinski definition) is 0. The summed E-state index contributed by atoms with van der Waals surface area (Å²) in [4.78, 5) is 0.291. The molecule has 1 unspecified atom stereocenters. The van der Waals surface area contributed by atoms with Crippen molar-refractivity contribution in [3.63, 3.8) is 0 Å². The van der Waals surface area contributed by atoms with Crippen molar-refractivity contribution < 1.29 is 4.74 Å². The smallest absolute Gasteiger partial charge is 0.137 e. The third kappa shape index (κ3) is 5.65. The van der Waals surface area contributed by atoms with E-state index in [1.54, 1.807) is 7.11 Å². The largest absolute Gasteiger partial charge is 0.495 e. The van der Waals surface area contributed by atoms with Crippen LogP contribution in [-0.4, -0.2) is 7.11 Å². The molecule has 0 N–H and O–H groups in total. The van der Waals surface area contributed by atoms with Crippen molar-refractivity contribution in [2.24, 2.45) is 0 Å². The third-order valence-electron chi connectivity index (χ3n) is 3.14. The van der Waals surface area contributed by atoms with Gasteiger partial charge in [-0.05, 0) is 34.5 Å². The second kappa shape index (κ2) is 9.25. The zero-order valence-electron chi connectivity index (χ0n) is 11.5. The Balaban J connectivity index is 2.63. The molecule has 0 saturated carbocycles. The maximum Gasteiger partial charge on any atom is 0.137 e. The highest BCUT2D eigenvalue weighted by molar-refractivity contribution is 9.10. The molecular weight excluding hydrogens is 391 g/mol. The van der Waals surface area contributed by atoms with E-state index < -0.39 is 0 Å². The first kappa shape index (κ1) is 17.3. The first-order chi connectivity index (χ1) is 9.10. The number of benzene rings is 1. The van der Waals surface area contributed by atoms with Crippen LogP contribution < -0.4 is 4.74 Å². The van der Waals surface area contributed by atoms with Crippen molar-refractivity contribution in [1.29, 1.82) is 0 Å². The topological polar surface area (TPSA) is 9.23 Å². The molecule has 0 aromatic heterocycles. The Labute approximate surface area is 138 Å². The minimum Gasteiger partial charge on any atom is -0.495 e. The van der Waals surface area contributed by atoms with Crippen molar-refractivity contribution in [1.82, 2.24) is 0 Å². The quantitative estimate of drug-likeness (QED) is 0.333. The van der Waals surface area contributed by atoms with E-state index >= 15 is 0 Å². The first-order valence-corrected chi connectivity index (χ1v) is 8.85. The molecule has 0 aliphatic carbocycles. The van der Waals surface area contributed by atoms with E-state index in [-0.39, 0.29) is 0 Å². The van der Waals surface area contributed by atoms with Crippen LogP contribution in [0.4, 0.5) is 0 Å². The van der Waals surface area contributed by atoms with E-state index in [1.807, 2.05) is 12.1 Å². The molecule has 0 heterocycles. The minimum absolute atomic E-state index is 0.291. The van der Waals surface area contributed by atoms with Crippen molar-refractivity contribution in [2.45, 2.75) is 50.3 Å². The van der Waals surface area contributed by atoms with Crippen molar-refractivity contribution in [2.75, 3.05) is 7.11 Å². The number of methoxy groups -OCH3 is 1. The van der Waals surface area contributed by atoms with E-state index in [0.717, 1.165) is 27.2 Å². The third-order valence-corrected chi connectivity index (χ3v) is 4.90. The lowest BCUT2D eigenvalue weighted by molar-refractivity contribution is 0.406. The normalized spacial score (nSPS) is 12.5. The monoisotopic (exact) mass is 410 g/mol. The SMILES string of the molecule is CCCCCCCC(Br)c1cc(Cl)cc(Br)c1OC. The lowest BCUT2D eigenvalue weighted by Gasteiger charge is -2.16. The van der Waals surface area contributed by atoms with Gasteiger partial charge < -0.3 is 4.74 Å². The maximum absolute atomic E-state index is 6.12. The Bertz CT molecular complexity index is 396. The number of hydrogen-bond acceptors (Lipinski definition) is 1. The molecule has 0 bridgehead atoms. The molecule has 0 radical (unpaired) electrons. The van der Waals surface area contributed by atoms with Gasteiger partial charge in [-0.2, -0.15) is 0 Å². The summed E-state index contributed by atoms with van der Waals surface area (Å²) in [5.74, 6) is 0.875. The number of halogens is 3. The van der Waals surface area contributed by atoms with Crippen LogP contribution in [0, 0.1) is 0 Å². The first-order valence-electron chi connectivity index (χ1n) is 6.77. The molecule has 4 heteroatoms. The lowest BCUT2D eigenvalue weighted by atomic mass is 10.0. The Morgan fingerprint density at radius 2 is 1.89 bits per heavy atom. The summed E-state index contributed by atoms with van der Waals surface area (Å²) in [6.45, 7) is 2.24. The standard InChI is InChI=1S/C15H21Br2ClO/c1-3-4-5-6-7-8-13(16)12-9-11(18)10-14(17)15(12)19-2/h9-10,13H,3-8H2,1-2H3.